The first kappa shape index (κ1) is 22.0. The van der Waals surface area contributed by atoms with Gasteiger partial charge in [0.1, 0.15) is 0 Å². The molecule has 0 unspecified atom stereocenters. The Morgan fingerprint density at radius 3 is 2.70 bits per heavy atom. The first-order valence-corrected chi connectivity index (χ1v) is 12.6. The molecular formula is C25H29N5O2S. The number of carbonyl (C=O) groups is 1. The Balaban J connectivity index is 1.29. The summed E-state index contributed by atoms with van der Waals surface area (Å²) in [5, 5.41) is 12.9. The average molecular weight is 464 g/mol. The minimum Gasteiger partial charge on any atom is -0.378 e. The van der Waals surface area contributed by atoms with Crippen LogP contribution in [-0.4, -0.2) is 52.7 Å². The number of carbonyl (C=O) groups excluding carboxylic acids is 1. The lowest BCUT2D eigenvalue weighted by Crippen LogP contribution is -2.38. The highest BCUT2D eigenvalue weighted by Gasteiger charge is 2.24. The number of aromatic nitrogens is 3. The van der Waals surface area contributed by atoms with E-state index in [1.807, 2.05) is 18.2 Å². The van der Waals surface area contributed by atoms with Crippen molar-refractivity contribution in [2.75, 3.05) is 37.0 Å². The number of fused-ring (bicyclic) bond motifs is 1. The average Bonchev–Trinajstić information content (AvgIpc) is 3.26. The normalized spacial score (nSPS) is 18.1. The molecule has 0 spiro atoms. The van der Waals surface area contributed by atoms with Gasteiger partial charge in [0.25, 0.3) is 0 Å². The van der Waals surface area contributed by atoms with Crippen molar-refractivity contribution in [2.24, 2.45) is 0 Å². The monoisotopic (exact) mass is 463 g/mol. The molecule has 1 amide bonds. The van der Waals surface area contributed by atoms with Crippen LogP contribution in [0.3, 0.4) is 0 Å². The van der Waals surface area contributed by atoms with Crippen LogP contribution >= 0.6 is 11.8 Å². The summed E-state index contributed by atoms with van der Waals surface area (Å²) in [7, 11) is 0. The number of nitrogens with one attached hydrogen (secondary N) is 1. The number of thioether (sulfide) groups is 1. The number of morpholine rings is 1. The molecule has 1 fully saturated rings. The van der Waals surface area contributed by atoms with Gasteiger partial charge in [0.2, 0.25) is 11.9 Å². The summed E-state index contributed by atoms with van der Waals surface area (Å²) in [6.45, 7) is 3.62. The van der Waals surface area contributed by atoms with Crippen LogP contribution in [0.1, 0.15) is 35.6 Å². The quantitative estimate of drug-likeness (QED) is 0.541. The minimum absolute atomic E-state index is 0.0314. The number of hydrogen-bond acceptors (Lipinski definition) is 6. The maximum Gasteiger partial charge on any atom is 0.230 e. The van der Waals surface area contributed by atoms with Crippen LogP contribution in [0.4, 0.5) is 5.95 Å². The van der Waals surface area contributed by atoms with Gasteiger partial charge in [-0.3, -0.25) is 9.36 Å². The van der Waals surface area contributed by atoms with Gasteiger partial charge in [-0.25, -0.2) is 0 Å². The Bertz CT molecular complexity index is 1080. The van der Waals surface area contributed by atoms with Gasteiger partial charge < -0.3 is 15.0 Å². The van der Waals surface area contributed by atoms with E-state index in [4.69, 9.17) is 4.74 Å². The molecule has 0 saturated carbocycles. The lowest BCUT2D eigenvalue weighted by molar-refractivity contribution is -0.119. The molecule has 33 heavy (non-hydrogen) atoms. The molecule has 1 N–H and O–H groups in total. The number of hydrogen-bond donors (Lipinski definition) is 1. The van der Waals surface area contributed by atoms with Gasteiger partial charge >= 0.3 is 0 Å². The molecule has 0 bridgehead atoms. The van der Waals surface area contributed by atoms with Gasteiger partial charge in [0.15, 0.2) is 5.16 Å². The van der Waals surface area contributed by atoms with Crippen LogP contribution < -0.4 is 10.2 Å². The molecule has 1 aliphatic heterocycles. The number of benzene rings is 2. The van der Waals surface area contributed by atoms with Gasteiger partial charge in [-0.1, -0.05) is 66.4 Å². The van der Waals surface area contributed by atoms with Gasteiger partial charge in [0, 0.05) is 13.1 Å². The fourth-order valence-electron chi connectivity index (χ4n) is 4.56. The van der Waals surface area contributed by atoms with Gasteiger partial charge in [-0.2, -0.15) is 0 Å². The van der Waals surface area contributed by atoms with Crippen molar-refractivity contribution in [3.63, 3.8) is 0 Å². The van der Waals surface area contributed by atoms with Crippen molar-refractivity contribution >= 4 is 23.6 Å². The van der Waals surface area contributed by atoms with Crippen molar-refractivity contribution < 1.29 is 9.53 Å². The van der Waals surface area contributed by atoms with E-state index in [0.29, 0.717) is 25.5 Å². The van der Waals surface area contributed by atoms with E-state index >= 15 is 0 Å². The fraction of sp³-hybridized carbons (Fsp3) is 0.400. The summed E-state index contributed by atoms with van der Waals surface area (Å²) in [6.07, 6.45) is 3.17. The van der Waals surface area contributed by atoms with E-state index in [0.717, 1.165) is 43.5 Å². The second-order valence-corrected chi connectivity index (χ2v) is 9.40. The fourth-order valence-corrected chi connectivity index (χ4v) is 5.30. The van der Waals surface area contributed by atoms with Crippen molar-refractivity contribution in [3.05, 3.63) is 71.3 Å². The summed E-state index contributed by atoms with van der Waals surface area (Å²) in [4.78, 5) is 15.1. The van der Waals surface area contributed by atoms with Crippen LogP contribution in [-0.2, 0) is 22.5 Å². The summed E-state index contributed by atoms with van der Waals surface area (Å²) in [5.41, 5.74) is 3.78. The zero-order valence-electron chi connectivity index (χ0n) is 18.7. The number of nitrogens with zero attached hydrogens (tertiary/aromatic N) is 4. The molecule has 2 heterocycles. The summed E-state index contributed by atoms with van der Waals surface area (Å²) in [6, 6.07) is 18.8. The maximum atomic E-state index is 12.9. The van der Waals surface area contributed by atoms with Crippen molar-refractivity contribution in [3.8, 4) is 0 Å². The molecule has 2 aromatic carbocycles. The molecule has 1 atom stereocenters. The SMILES string of the molecule is O=C(CSc1nnc(N2CCOCC2)n1Cc1ccccc1)N[C@@H]1CCCc2ccccc21. The predicted octanol–water partition coefficient (Wildman–Crippen LogP) is 3.45. The minimum atomic E-state index is 0.0314. The molecule has 2 aliphatic rings. The third-order valence-corrected chi connectivity index (χ3v) is 7.18. The highest BCUT2D eigenvalue weighted by atomic mass is 32.2. The van der Waals surface area contributed by atoms with Crippen LogP contribution in [0.2, 0.25) is 0 Å². The number of amides is 1. The van der Waals surface area contributed by atoms with Crippen LogP contribution in [0, 0.1) is 0 Å². The smallest absolute Gasteiger partial charge is 0.230 e. The molecule has 8 heteroatoms. The van der Waals surface area contributed by atoms with E-state index in [1.165, 1.54) is 28.5 Å². The topological polar surface area (TPSA) is 72.3 Å². The Hall–Kier alpha value is -2.84. The maximum absolute atomic E-state index is 12.9. The molecule has 1 aliphatic carbocycles. The Morgan fingerprint density at radius 1 is 1.06 bits per heavy atom. The standard InChI is InChI=1S/C25H29N5O2S/c31-23(26-22-12-6-10-20-9-4-5-11-21(20)22)18-33-25-28-27-24(29-13-15-32-16-14-29)30(25)17-19-7-2-1-3-8-19/h1-5,7-9,11,22H,6,10,12-18H2,(H,26,31)/t22-/m1/s1. The third-order valence-electron chi connectivity index (χ3n) is 6.21. The zero-order valence-corrected chi connectivity index (χ0v) is 19.5. The zero-order chi connectivity index (χ0) is 22.5. The van der Waals surface area contributed by atoms with Crippen molar-refractivity contribution in [2.45, 2.75) is 37.0 Å². The van der Waals surface area contributed by atoms with E-state index < -0.39 is 0 Å². The lowest BCUT2D eigenvalue weighted by atomic mass is 9.88. The molecule has 1 saturated heterocycles. The molecule has 7 nitrogen and oxygen atoms in total. The van der Waals surface area contributed by atoms with Crippen LogP contribution in [0.15, 0.2) is 59.8 Å². The Kier molecular flexibility index (Phi) is 6.92. The molecule has 5 rings (SSSR count). The van der Waals surface area contributed by atoms with E-state index in [2.05, 4.69) is 61.4 Å². The molecule has 0 radical (unpaired) electrons. The van der Waals surface area contributed by atoms with Crippen molar-refractivity contribution in [1.82, 2.24) is 20.1 Å². The van der Waals surface area contributed by atoms with E-state index in [-0.39, 0.29) is 11.9 Å². The first-order chi connectivity index (χ1) is 16.3. The van der Waals surface area contributed by atoms with Gasteiger partial charge in [-0.05, 0) is 36.0 Å². The summed E-state index contributed by atoms with van der Waals surface area (Å²) >= 11 is 1.45. The number of ether oxygens (including phenoxy) is 1. The number of aryl methyl sites for hydroxylation is 1. The largest absolute Gasteiger partial charge is 0.378 e. The van der Waals surface area contributed by atoms with Gasteiger partial charge in [-0.15, -0.1) is 10.2 Å². The highest BCUT2D eigenvalue weighted by molar-refractivity contribution is 7.99. The van der Waals surface area contributed by atoms with Gasteiger partial charge in [0.05, 0.1) is 31.6 Å². The number of anilines is 1. The molecule has 172 valence electrons. The highest BCUT2D eigenvalue weighted by Crippen LogP contribution is 2.30. The second-order valence-electron chi connectivity index (χ2n) is 8.45. The van der Waals surface area contributed by atoms with Crippen molar-refractivity contribution in [1.29, 1.82) is 0 Å². The molecule has 1 aromatic heterocycles. The first-order valence-electron chi connectivity index (χ1n) is 11.6. The summed E-state index contributed by atoms with van der Waals surface area (Å²) < 4.78 is 7.62. The Morgan fingerprint density at radius 2 is 1.85 bits per heavy atom. The number of rotatable bonds is 7. The van der Waals surface area contributed by atoms with Crippen LogP contribution in [0.25, 0.3) is 0 Å². The third kappa shape index (κ3) is 5.23. The predicted molar refractivity (Wildman–Crippen MR) is 130 cm³/mol. The van der Waals surface area contributed by atoms with E-state index in [9.17, 15) is 4.79 Å². The van der Waals surface area contributed by atoms with E-state index in [1.54, 1.807) is 0 Å². The Labute approximate surface area is 198 Å². The summed E-state index contributed by atoms with van der Waals surface area (Å²) in [5.74, 6) is 1.18. The second kappa shape index (κ2) is 10.4. The molecular weight excluding hydrogens is 434 g/mol. The lowest BCUT2D eigenvalue weighted by Gasteiger charge is -2.28. The van der Waals surface area contributed by atoms with Crippen LogP contribution in [0.5, 0.6) is 0 Å². The molecule has 3 aromatic rings.